The lowest BCUT2D eigenvalue weighted by atomic mass is 10.0. The minimum absolute atomic E-state index is 0.00978. The Bertz CT molecular complexity index is 524. The van der Waals surface area contributed by atoms with Gasteiger partial charge in [0, 0.05) is 19.1 Å². The van der Waals surface area contributed by atoms with Crippen molar-refractivity contribution >= 4 is 6.09 Å². The van der Waals surface area contributed by atoms with Crippen molar-refractivity contribution in [2.45, 2.75) is 13.0 Å². The van der Waals surface area contributed by atoms with Gasteiger partial charge in [0.1, 0.15) is 6.61 Å². The molecule has 21 heavy (non-hydrogen) atoms. The molecule has 1 aromatic carbocycles. The van der Waals surface area contributed by atoms with Gasteiger partial charge in [-0.05, 0) is 23.6 Å². The predicted octanol–water partition coefficient (Wildman–Crippen LogP) is 2.36. The molecule has 1 unspecified atom stereocenters. The Morgan fingerprint density at radius 3 is 2.71 bits per heavy atom. The number of rotatable bonds is 7. The Labute approximate surface area is 123 Å². The predicted molar refractivity (Wildman–Crippen MR) is 77.6 cm³/mol. The van der Waals surface area contributed by atoms with E-state index in [4.69, 9.17) is 9.15 Å². The molecule has 0 bridgehead atoms. The van der Waals surface area contributed by atoms with Gasteiger partial charge < -0.3 is 19.6 Å². The summed E-state index contributed by atoms with van der Waals surface area (Å²) in [6.45, 7) is 0.581. The van der Waals surface area contributed by atoms with Crippen LogP contribution in [0.4, 0.5) is 4.79 Å². The number of ether oxygens (including phenoxy) is 1. The summed E-state index contributed by atoms with van der Waals surface area (Å²) in [5.74, 6) is -0.0631. The second kappa shape index (κ2) is 8.11. The van der Waals surface area contributed by atoms with Gasteiger partial charge in [0.05, 0.1) is 12.5 Å². The van der Waals surface area contributed by atoms with E-state index in [0.29, 0.717) is 13.0 Å². The number of hydrogen-bond donors (Lipinski definition) is 2. The Hall–Kier alpha value is -2.27. The van der Waals surface area contributed by atoms with Crippen LogP contribution in [0.15, 0.2) is 53.3 Å². The van der Waals surface area contributed by atoms with E-state index in [2.05, 4.69) is 5.32 Å². The summed E-state index contributed by atoms with van der Waals surface area (Å²) in [5, 5.41) is 12.0. The van der Waals surface area contributed by atoms with Gasteiger partial charge in [0.2, 0.25) is 0 Å². The maximum Gasteiger partial charge on any atom is 0.407 e. The third-order valence-electron chi connectivity index (χ3n) is 3.11. The topological polar surface area (TPSA) is 71.7 Å². The lowest BCUT2D eigenvalue weighted by Gasteiger charge is -2.14. The number of alkyl carbamates (subject to hydrolysis) is 1. The summed E-state index contributed by atoms with van der Waals surface area (Å²) in [4.78, 5) is 11.6. The van der Waals surface area contributed by atoms with E-state index >= 15 is 0 Å². The molecule has 5 nitrogen and oxygen atoms in total. The van der Waals surface area contributed by atoms with Crippen molar-refractivity contribution in [2.75, 3.05) is 13.2 Å². The molecule has 2 aromatic rings. The molecule has 0 spiro atoms. The van der Waals surface area contributed by atoms with E-state index in [0.717, 1.165) is 11.1 Å². The molecule has 1 amide bonds. The molecule has 1 heterocycles. The molecule has 1 atom stereocenters. The summed E-state index contributed by atoms with van der Waals surface area (Å²) in [5.41, 5.74) is 1.93. The maximum absolute atomic E-state index is 11.6. The average molecular weight is 289 g/mol. The fourth-order valence-corrected chi connectivity index (χ4v) is 1.95. The van der Waals surface area contributed by atoms with Gasteiger partial charge in [-0.25, -0.2) is 4.79 Å². The van der Waals surface area contributed by atoms with E-state index in [9.17, 15) is 9.90 Å². The number of aliphatic hydroxyl groups is 1. The van der Waals surface area contributed by atoms with Gasteiger partial charge in [0.25, 0.3) is 0 Å². The van der Waals surface area contributed by atoms with Crippen LogP contribution in [0.3, 0.4) is 0 Å². The number of furan rings is 1. The molecular formula is C16H19NO4. The molecule has 0 fully saturated rings. The highest BCUT2D eigenvalue weighted by Gasteiger charge is 2.12. The van der Waals surface area contributed by atoms with Gasteiger partial charge in [-0.1, -0.05) is 30.3 Å². The molecule has 112 valence electrons. The van der Waals surface area contributed by atoms with Gasteiger partial charge in [-0.15, -0.1) is 0 Å². The highest BCUT2D eigenvalue weighted by atomic mass is 16.5. The van der Waals surface area contributed by atoms with E-state index < -0.39 is 6.09 Å². The zero-order valence-corrected chi connectivity index (χ0v) is 11.7. The van der Waals surface area contributed by atoms with Crippen molar-refractivity contribution in [1.29, 1.82) is 0 Å². The maximum atomic E-state index is 11.6. The number of benzene rings is 1. The third-order valence-corrected chi connectivity index (χ3v) is 3.11. The van der Waals surface area contributed by atoms with Crippen LogP contribution in [0.25, 0.3) is 0 Å². The molecule has 2 N–H and O–H groups in total. The first kappa shape index (κ1) is 15.1. The average Bonchev–Trinajstić information content (AvgIpc) is 3.03. The first-order chi connectivity index (χ1) is 10.3. The minimum atomic E-state index is -0.482. The third kappa shape index (κ3) is 5.31. The van der Waals surface area contributed by atoms with Crippen molar-refractivity contribution < 1.29 is 19.1 Å². The number of carbonyl (C=O) groups excluding carboxylic acids is 1. The number of carbonyl (C=O) groups is 1. The summed E-state index contributed by atoms with van der Waals surface area (Å²) in [6.07, 6.45) is 3.39. The van der Waals surface area contributed by atoms with Gasteiger partial charge >= 0.3 is 6.09 Å². The standard InChI is InChI=1S/C16H19NO4/c18-10-15(8-14-6-7-20-11-14)9-17-16(19)21-12-13-4-2-1-3-5-13/h1-7,11,15,18H,8-10,12H2,(H,17,19). The highest BCUT2D eigenvalue weighted by molar-refractivity contribution is 5.67. The van der Waals surface area contributed by atoms with Crippen molar-refractivity contribution in [3.05, 3.63) is 60.1 Å². The fraction of sp³-hybridized carbons (Fsp3) is 0.312. The second-order valence-electron chi connectivity index (χ2n) is 4.83. The van der Waals surface area contributed by atoms with Crippen molar-refractivity contribution in [3.63, 3.8) is 0 Å². The molecule has 5 heteroatoms. The van der Waals surface area contributed by atoms with Gasteiger partial charge in [0.15, 0.2) is 0 Å². The summed E-state index contributed by atoms with van der Waals surface area (Å²) in [6, 6.07) is 11.3. The van der Waals surface area contributed by atoms with Crippen LogP contribution in [0.1, 0.15) is 11.1 Å². The molecular weight excluding hydrogens is 270 g/mol. The van der Waals surface area contributed by atoms with E-state index in [1.54, 1.807) is 12.5 Å². The Morgan fingerprint density at radius 2 is 2.05 bits per heavy atom. The Morgan fingerprint density at radius 1 is 1.24 bits per heavy atom. The molecule has 2 rings (SSSR count). The second-order valence-corrected chi connectivity index (χ2v) is 4.83. The monoisotopic (exact) mass is 289 g/mol. The largest absolute Gasteiger partial charge is 0.472 e. The number of aliphatic hydroxyl groups excluding tert-OH is 1. The van der Waals surface area contributed by atoms with E-state index in [1.807, 2.05) is 36.4 Å². The van der Waals surface area contributed by atoms with Crippen LogP contribution in [0.2, 0.25) is 0 Å². The highest BCUT2D eigenvalue weighted by Crippen LogP contribution is 2.08. The van der Waals surface area contributed by atoms with Gasteiger partial charge in [-0.2, -0.15) is 0 Å². The quantitative estimate of drug-likeness (QED) is 0.820. The molecule has 0 aliphatic carbocycles. The summed E-state index contributed by atoms with van der Waals surface area (Å²) >= 11 is 0. The Kier molecular flexibility index (Phi) is 5.84. The van der Waals surface area contributed by atoms with E-state index in [1.165, 1.54) is 0 Å². The van der Waals surface area contributed by atoms with Crippen LogP contribution >= 0.6 is 0 Å². The number of nitrogens with one attached hydrogen (secondary N) is 1. The van der Waals surface area contributed by atoms with Crippen LogP contribution in [-0.4, -0.2) is 24.4 Å². The van der Waals surface area contributed by atoms with Crippen LogP contribution in [-0.2, 0) is 17.8 Å². The first-order valence-corrected chi connectivity index (χ1v) is 6.84. The molecule has 0 aliphatic rings. The molecule has 0 saturated carbocycles. The van der Waals surface area contributed by atoms with E-state index in [-0.39, 0.29) is 19.1 Å². The molecule has 0 saturated heterocycles. The molecule has 1 aromatic heterocycles. The minimum Gasteiger partial charge on any atom is -0.472 e. The zero-order valence-electron chi connectivity index (χ0n) is 11.7. The smallest absolute Gasteiger partial charge is 0.407 e. The molecule has 0 aliphatic heterocycles. The van der Waals surface area contributed by atoms with Crippen molar-refractivity contribution in [3.8, 4) is 0 Å². The Balaban J connectivity index is 1.69. The van der Waals surface area contributed by atoms with Crippen molar-refractivity contribution in [2.24, 2.45) is 5.92 Å². The normalized spacial score (nSPS) is 11.9. The summed E-state index contributed by atoms with van der Waals surface area (Å²) in [7, 11) is 0. The first-order valence-electron chi connectivity index (χ1n) is 6.84. The number of amides is 1. The SMILES string of the molecule is O=C(NCC(CO)Cc1ccoc1)OCc1ccccc1. The number of hydrogen-bond acceptors (Lipinski definition) is 4. The van der Waals surface area contributed by atoms with Crippen LogP contribution < -0.4 is 5.32 Å². The molecule has 0 radical (unpaired) electrons. The van der Waals surface area contributed by atoms with Crippen LogP contribution in [0.5, 0.6) is 0 Å². The van der Waals surface area contributed by atoms with Crippen LogP contribution in [0, 0.1) is 5.92 Å². The lowest BCUT2D eigenvalue weighted by molar-refractivity contribution is 0.135. The summed E-state index contributed by atoms with van der Waals surface area (Å²) < 4.78 is 10.1. The zero-order chi connectivity index (χ0) is 14.9. The fourth-order valence-electron chi connectivity index (χ4n) is 1.95. The van der Waals surface area contributed by atoms with Crippen molar-refractivity contribution in [1.82, 2.24) is 5.32 Å². The van der Waals surface area contributed by atoms with Gasteiger partial charge in [-0.3, -0.25) is 0 Å². The lowest BCUT2D eigenvalue weighted by Crippen LogP contribution is -2.32.